The number of anilines is 3. The molecule has 3 N–H and O–H groups in total. The SMILES string of the molecule is Cn1cnc2ccc(-c3cc(Nc4ccc(SN)cc4)nc(N4CCOCC4)n3)cc21. The molecule has 0 spiro atoms. The lowest BCUT2D eigenvalue weighted by Crippen LogP contribution is -2.37. The van der Waals surface area contributed by atoms with E-state index in [-0.39, 0.29) is 0 Å². The highest BCUT2D eigenvalue weighted by Crippen LogP contribution is 2.28. The van der Waals surface area contributed by atoms with Crippen LogP contribution in [0.2, 0.25) is 0 Å². The largest absolute Gasteiger partial charge is 0.378 e. The first-order valence-electron chi connectivity index (χ1n) is 10.1. The number of hydrogen-bond acceptors (Lipinski definition) is 8. The molecule has 0 radical (unpaired) electrons. The van der Waals surface area contributed by atoms with Gasteiger partial charge in [0.05, 0.1) is 36.3 Å². The van der Waals surface area contributed by atoms with Gasteiger partial charge in [-0.2, -0.15) is 4.98 Å². The van der Waals surface area contributed by atoms with Crippen LogP contribution in [-0.4, -0.2) is 45.8 Å². The van der Waals surface area contributed by atoms with Crippen molar-refractivity contribution >= 4 is 40.4 Å². The second-order valence-electron chi connectivity index (χ2n) is 7.36. The van der Waals surface area contributed by atoms with E-state index < -0.39 is 0 Å². The van der Waals surface area contributed by atoms with Crippen molar-refractivity contribution in [2.45, 2.75) is 4.90 Å². The van der Waals surface area contributed by atoms with Crippen LogP contribution in [0.5, 0.6) is 0 Å². The van der Waals surface area contributed by atoms with Crippen LogP contribution >= 0.6 is 11.9 Å². The molecule has 0 aliphatic carbocycles. The minimum atomic E-state index is 0.676. The summed E-state index contributed by atoms with van der Waals surface area (Å²) in [6.07, 6.45) is 1.82. The number of benzene rings is 2. The van der Waals surface area contributed by atoms with Crippen LogP contribution in [0.4, 0.5) is 17.5 Å². The van der Waals surface area contributed by atoms with Crippen LogP contribution in [0.1, 0.15) is 0 Å². The molecule has 2 aromatic carbocycles. The predicted octanol–water partition coefficient (Wildman–Crippen LogP) is 3.58. The minimum absolute atomic E-state index is 0.676. The molecule has 2 aromatic heterocycles. The number of nitrogens with zero attached hydrogens (tertiary/aromatic N) is 5. The number of ether oxygens (including phenoxy) is 1. The molecule has 1 aliphatic heterocycles. The summed E-state index contributed by atoms with van der Waals surface area (Å²) in [5.74, 6) is 1.44. The second kappa shape index (κ2) is 8.54. The summed E-state index contributed by atoms with van der Waals surface area (Å²) in [6.45, 7) is 2.89. The van der Waals surface area contributed by atoms with Crippen LogP contribution in [0.3, 0.4) is 0 Å². The molecular weight excluding hydrogens is 410 g/mol. The molecule has 4 aromatic rings. The maximum absolute atomic E-state index is 5.64. The molecule has 1 aliphatic rings. The molecule has 9 heteroatoms. The van der Waals surface area contributed by atoms with E-state index in [0.717, 1.165) is 51.8 Å². The van der Waals surface area contributed by atoms with E-state index in [9.17, 15) is 0 Å². The van der Waals surface area contributed by atoms with Gasteiger partial charge in [-0.3, -0.25) is 5.14 Å². The van der Waals surface area contributed by atoms with Gasteiger partial charge in [-0.15, -0.1) is 0 Å². The fraction of sp³-hybridized carbons (Fsp3) is 0.227. The zero-order chi connectivity index (χ0) is 21.2. The average molecular weight is 434 g/mol. The molecule has 1 fully saturated rings. The van der Waals surface area contributed by atoms with E-state index in [1.54, 1.807) is 0 Å². The summed E-state index contributed by atoms with van der Waals surface area (Å²) in [5.41, 5.74) is 4.85. The van der Waals surface area contributed by atoms with Gasteiger partial charge in [-0.05, 0) is 48.3 Å². The van der Waals surface area contributed by atoms with Crippen molar-refractivity contribution < 1.29 is 4.74 Å². The number of nitrogens with one attached hydrogen (secondary N) is 1. The number of morpholine rings is 1. The lowest BCUT2D eigenvalue weighted by molar-refractivity contribution is 0.122. The highest BCUT2D eigenvalue weighted by Gasteiger charge is 2.17. The van der Waals surface area contributed by atoms with Gasteiger partial charge in [0.2, 0.25) is 5.95 Å². The Bertz CT molecular complexity index is 1200. The molecule has 31 heavy (non-hydrogen) atoms. The number of fused-ring (bicyclic) bond motifs is 1. The average Bonchev–Trinajstić information content (AvgIpc) is 3.20. The summed E-state index contributed by atoms with van der Waals surface area (Å²) in [5, 5.41) is 9.05. The second-order valence-corrected chi connectivity index (χ2v) is 8.07. The van der Waals surface area contributed by atoms with Gasteiger partial charge in [-0.1, -0.05) is 6.07 Å². The Morgan fingerprint density at radius 2 is 1.84 bits per heavy atom. The van der Waals surface area contributed by atoms with E-state index in [4.69, 9.17) is 19.8 Å². The van der Waals surface area contributed by atoms with E-state index in [2.05, 4.69) is 27.3 Å². The Hall–Kier alpha value is -3.14. The van der Waals surface area contributed by atoms with Crippen molar-refractivity contribution in [2.24, 2.45) is 12.2 Å². The lowest BCUT2D eigenvalue weighted by atomic mass is 10.1. The third-order valence-electron chi connectivity index (χ3n) is 5.29. The summed E-state index contributed by atoms with van der Waals surface area (Å²) in [4.78, 5) is 17.3. The third-order valence-corrected chi connectivity index (χ3v) is 5.84. The molecule has 158 valence electrons. The number of nitrogens with two attached hydrogens (primary N) is 1. The first-order chi connectivity index (χ1) is 15.2. The Morgan fingerprint density at radius 1 is 1.03 bits per heavy atom. The first kappa shape index (κ1) is 19.8. The molecule has 0 bridgehead atoms. The van der Waals surface area contributed by atoms with E-state index >= 15 is 0 Å². The monoisotopic (exact) mass is 433 g/mol. The van der Waals surface area contributed by atoms with Crippen molar-refractivity contribution in [3.05, 3.63) is 54.9 Å². The highest BCUT2D eigenvalue weighted by molar-refractivity contribution is 7.97. The normalized spacial score (nSPS) is 14.2. The third kappa shape index (κ3) is 4.20. The number of aromatic nitrogens is 4. The lowest BCUT2D eigenvalue weighted by Gasteiger charge is -2.27. The van der Waals surface area contributed by atoms with E-state index in [1.807, 2.05) is 54.3 Å². The van der Waals surface area contributed by atoms with Gasteiger partial charge < -0.3 is 19.5 Å². The van der Waals surface area contributed by atoms with Crippen molar-refractivity contribution in [2.75, 3.05) is 36.5 Å². The van der Waals surface area contributed by atoms with Crippen LogP contribution in [0, 0.1) is 0 Å². The summed E-state index contributed by atoms with van der Waals surface area (Å²) in [7, 11) is 1.99. The Morgan fingerprint density at radius 3 is 2.61 bits per heavy atom. The van der Waals surface area contributed by atoms with Crippen LogP contribution in [0.25, 0.3) is 22.3 Å². The van der Waals surface area contributed by atoms with Gasteiger partial charge in [-0.25, -0.2) is 9.97 Å². The quantitative estimate of drug-likeness (QED) is 0.461. The maximum Gasteiger partial charge on any atom is 0.228 e. The Kier molecular flexibility index (Phi) is 5.46. The number of hydrogen-bond donors (Lipinski definition) is 2. The summed E-state index contributed by atoms with van der Waals surface area (Å²) in [6, 6.07) is 16.1. The fourth-order valence-corrected chi connectivity index (χ4v) is 3.89. The number of rotatable bonds is 5. The summed E-state index contributed by atoms with van der Waals surface area (Å²) < 4.78 is 7.51. The first-order valence-corrected chi connectivity index (χ1v) is 10.9. The van der Waals surface area contributed by atoms with Crippen LogP contribution in [-0.2, 0) is 11.8 Å². The van der Waals surface area contributed by atoms with Gasteiger partial charge in [0, 0.05) is 42.3 Å². The maximum atomic E-state index is 5.64. The fourth-order valence-electron chi connectivity index (χ4n) is 3.60. The van der Waals surface area contributed by atoms with Gasteiger partial charge >= 0.3 is 0 Å². The molecule has 0 saturated carbocycles. The predicted molar refractivity (Wildman–Crippen MR) is 125 cm³/mol. The molecule has 5 rings (SSSR count). The van der Waals surface area contributed by atoms with Crippen molar-refractivity contribution in [3.8, 4) is 11.3 Å². The van der Waals surface area contributed by atoms with Gasteiger partial charge in [0.15, 0.2) is 0 Å². The van der Waals surface area contributed by atoms with Gasteiger partial charge in [0.1, 0.15) is 5.82 Å². The Balaban J connectivity index is 1.55. The standard InChI is InChI=1S/C22H23N7OS/c1-28-14-24-18-7-2-15(12-20(18)28)19-13-21(25-16-3-5-17(31-23)6-4-16)27-22(26-19)29-8-10-30-11-9-29/h2-7,12-14H,8-11,23H2,1H3,(H,25,26,27). The topological polar surface area (TPSA) is 94.1 Å². The zero-order valence-electron chi connectivity index (χ0n) is 17.2. The minimum Gasteiger partial charge on any atom is -0.378 e. The number of imidazole rings is 1. The van der Waals surface area contributed by atoms with E-state index in [0.29, 0.717) is 19.2 Å². The van der Waals surface area contributed by atoms with Crippen LogP contribution < -0.4 is 15.4 Å². The molecule has 0 amide bonds. The number of aryl methyl sites for hydroxylation is 1. The van der Waals surface area contributed by atoms with Crippen molar-refractivity contribution in [3.63, 3.8) is 0 Å². The van der Waals surface area contributed by atoms with Crippen molar-refractivity contribution in [1.82, 2.24) is 19.5 Å². The Labute approximate surface area is 184 Å². The molecule has 0 atom stereocenters. The molecule has 1 saturated heterocycles. The highest BCUT2D eigenvalue weighted by atomic mass is 32.2. The summed E-state index contributed by atoms with van der Waals surface area (Å²) >= 11 is 1.23. The van der Waals surface area contributed by atoms with E-state index in [1.165, 1.54) is 11.9 Å². The zero-order valence-corrected chi connectivity index (χ0v) is 18.0. The van der Waals surface area contributed by atoms with Crippen LogP contribution in [0.15, 0.2) is 59.8 Å². The molecule has 3 heterocycles. The molecule has 8 nitrogen and oxygen atoms in total. The smallest absolute Gasteiger partial charge is 0.228 e. The molecular formula is C22H23N7OS. The molecule has 0 unspecified atom stereocenters. The van der Waals surface area contributed by atoms with Crippen molar-refractivity contribution in [1.29, 1.82) is 0 Å². The van der Waals surface area contributed by atoms with Gasteiger partial charge in [0.25, 0.3) is 0 Å².